The van der Waals surface area contributed by atoms with Crippen LogP contribution in [0.5, 0.6) is 0 Å². The Hall–Kier alpha value is -0.960. The Morgan fingerprint density at radius 1 is 1.24 bits per heavy atom. The highest BCUT2D eigenvalue weighted by Gasteiger charge is 2.19. The molecule has 0 aliphatic rings. The lowest BCUT2D eigenvalue weighted by Gasteiger charge is -2.24. The molecule has 1 rings (SSSR count). The van der Waals surface area contributed by atoms with E-state index in [0.29, 0.717) is 0 Å². The zero-order valence-electron chi connectivity index (χ0n) is 11.0. The fourth-order valence-electron chi connectivity index (χ4n) is 1.41. The summed E-state index contributed by atoms with van der Waals surface area (Å²) in [6.07, 6.45) is 0. The van der Waals surface area contributed by atoms with Crippen LogP contribution in [0.3, 0.4) is 0 Å². The van der Waals surface area contributed by atoms with Crippen LogP contribution in [0.2, 0.25) is 0 Å². The van der Waals surface area contributed by atoms with Crippen LogP contribution in [-0.4, -0.2) is 29.1 Å². The van der Waals surface area contributed by atoms with E-state index >= 15 is 0 Å². The van der Waals surface area contributed by atoms with Gasteiger partial charge in [0, 0.05) is 18.8 Å². The maximum Gasteiger partial charge on any atom is 0.235 e. The third-order valence-electron chi connectivity index (χ3n) is 2.81. The second-order valence-electron chi connectivity index (χ2n) is 4.48. The highest BCUT2D eigenvalue weighted by atomic mass is 32.2. The maximum atomic E-state index is 12.0. The smallest absolute Gasteiger partial charge is 0.235 e. The highest BCUT2D eigenvalue weighted by Crippen LogP contribution is 2.19. The van der Waals surface area contributed by atoms with Gasteiger partial charge in [-0.15, -0.1) is 11.8 Å². The number of thioether (sulfide) groups is 1. The number of rotatable bonds is 5. The van der Waals surface area contributed by atoms with Gasteiger partial charge in [-0.05, 0) is 26.3 Å². The summed E-state index contributed by atoms with van der Waals surface area (Å²) in [7, 11) is 1.87. The molecule has 0 saturated carbocycles. The number of carbonyl (C=O) groups is 1. The molecule has 2 nitrogen and oxygen atoms in total. The Morgan fingerprint density at radius 2 is 1.82 bits per heavy atom. The van der Waals surface area contributed by atoms with Crippen molar-refractivity contribution in [2.75, 3.05) is 7.05 Å². The molecule has 1 aromatic carbocycles. The molecule has 1 unspecified atom stereocenters. The van der Waals surface area contributed by atoms with Crippen LogP contribution >= 0.6 is 11.8 Å². The second-order valence-corrected chi connectivity index (χ2v) is 5.81. The topological polar surface area (TPSA) is 20.3 Å². The zero-order valence-corrected chi connectivity index (χ0v) is 11.8. The van der Waals surface area contributed by atoms with Gasteiger partial charge in [0.2, 0.25) is 5.91 Å². The summed E-state index contributed by atoms with van der Waals surface area (Å²) in [5, 5.41) is 0.0163. The van der Waals surface area contributed by atoms with Crippen molar-refractivity contribution in [2.24, 2.45) is 0 Å². The van der Waals surface area contributed by atoms with E-state index in [1.807, 2.05) is 50.9 Å². The standard InChI is InChI=1S/C14H21NOS/c1-11(2)15(4)14(16)12(3)17-10-13-8-6-5-7-9-13/h5-9,11-12H,10H2,1-4H3. The molecule has 3 heteroatoms. The lowest BCUT2D eigenvalue weighted by molar-refractivity contribution is -0.130. The van der Waals surface area contributed by atoms with Gasteiger partial charge in [-0.3, -0.25) is 4.79 Å². The van der Waals surface area contributed by atoms with E-state index in [0.717, 1.165) is 5.75 Å². The first-order chi connectivity index (χ1) is 8.02. The average Bonchev–Trinajstić information content (AvgIpc) is 2.35. The van der Waals surface area contributed by atoms with Gasteiger partial charge in [-0.25, -0.2) is 0 Å². The van der Waals surface area contributed by atoms with E-state index in [9.17, 15) is 4.79 Å². The molecule has 1 aromatic rings. The van der Waals surface area contributed by atoms with Gasteiger partial charge in [-0.1, -0.05) is 30.3 Å². The minimum Gasteiger partial charge on any atom is -0.342 e. The molecule has 0 aliphatic heterocycles. The summed E-state index contributed by atoms with van der Waals surface area (Å²) in [5.41, 5.74) is 1.27. The Morgan fingerprint density at radius 3 is 2.35 bits per heavy atom. The average molecular weight is 251 g/mol. The molecule has 0 N–H and O–H groups in total. The first-order valence-electron chi connectivity index (χ1n) is 5.94. The lowest BCUT2D eigenvalue weighted by Crippen LogP contribution is -2.38. The van der Waals surface area contributed by atoms with Crippen molar-refractivity contribution in [3.8, 4) is 0 Å². The molecular formula is C14H21NOS. The van der Waals surface area contributed by atoms with Crippen molar-refractivity contribution >= 4 is 17.7 Å². The monoisotopic (exact) mass is 251 g/mol. The summed E-state index contributed by atoms with van der Waals surface area (Å²) >= 11 is 1.69. The fourth-order valence-corrected chi connectivity index (χ4v) is 2.35. The Bertz CT molecular complexity index is 350. The third kappa shape index (κ3) is 4.43. The van der Waals surface area contributed by atoms with Crippen molar-refractivity contribution < 1.29 is 4.79 Å². The van der Waals surface area contributed by atoms with Crippen LogP contribution in [-0.2, 0) is 10.5 Å². The van der Waals surface area contributed by atoms with E-state index in [1.54, 1.807) is 11.8 Å². The van der Waals surface area contributed by atoms with Crippen molar-refractivity contribution in [3.63, 3.8) is 0 Å². The lowest BCUT2D eigenvalue weighted by atomic mass is 10.2. The van der Waals surface area contributed by atoms with Crippen LogP contribution in [0.4, 0.5) is 0 Å². The molecule has 1 amide bonds. The van der Waals surface area contributed by atoms with Gasteiger partial charge in [0.1, 0.15) is 0 Å². The Balaban J connectivity index is 2.45. The number of amides is 1. The minimum absolute atomic E-state index is 0.0163. The van der Waals surface area contributed by atoms with E-state index in [4.69, 9.17) is 0 Å². The number of hydrogen-bond donors (Lipinski definition) is 0. The summed E-state index contributed by atoms with van der Waals surface area (Å²) in [6, 6.07) is 10.5. The largest absolute Gasteiger partial charge is 0.342 e. The summed E-state index contributed by atoms with van der Waals surface area (Å²) in [6.45, 7) is 6.05. The molecular weight excluding hydrogens is 230 g/mol. The van der Waals surface area contributed by atoms with Crippen molar-refractivity contribution in [1.82, 2.24) is 4.90 Å². The second kappa shape index (κ2) is 6.70. The molecule has 0 saturated heterocycles. The molecule has 0 bridgehead atoms. The molecule has 17 heavy (non-hydrogen) atoms. The van der Waals surface area contributed by atoms with Crippen LogP contribution < -0.4 is 0 Å². The van der Waals surface area contributed by atoms with Gasteiger partial charge in [0.15, 0.2) is 0 Å². The number of benzene rings is 1. The summed E-state index contributed by atoms with van der Waals surface area (Å²) in [4.78, 5) is 13.8. The molecule has 0 radical (unpaired) electrons. The van der Waals surface area contributed by atoms with Crippen LogP contribution in [0.25, 0.3) is 0 Å². The van der Waals surface area contributed by atoms with E-state index in [2.05, 4.69) is 12.1 Å². The Kier molecular flexibility index (Phi) is 5.56. The van der Waals surface area contributed by atoms with Crippen LogP contribution in [0, 0.1) is 0 Å². The predicted octanol–water partition coefficient (Wildman–Crippen LogP) is 3.18. The molecule has 94 valence electrons. The van der Waals surface area contributed by atoms with E-state index in [-0.39, 0.29) is 17.2 Å². The third-order valence-corrected chi connectivity index (χ3v) is 4.01. The van der Waals surface area contributed by atoms with Crippen LogP contribution in [0.1, 0.15) is 26.3 Å². The molecule has 0 spiro atoms. The molecule has 0 fully saturated rings. The van der Waals surface area contributed by atoms with Crippen LogP contribution in [0.15, 0.2) is 30.3 Å². The Labute approximate surface area is 108 Å². The molecule has 0 heterocycles. The quantitative estimate of drug-likeness (QED) is 0.801. The maximum absolute atomic E-state index is 12.0. The van der Waals surface area contributed by atoms with E-state index in [1.165, 1.54) is 5.56 Å². The van der Waals surface area contributed by atoms with Crippen molar-refractivity contribution in [2.45, 2.75) is 37.8 Å². The molecule has 0 aromatic heterocycles. The van der Waals surface area contributed by atoms with Gasteiger partial charge in [0.25, 0.3) is 0 Å². The number of carbonyl (C=O) groups excluding carboxylic acids is 1. The van der Waals surface area contributed by atoms with Gasteiger partial charge in [-0.2, -0.15) is 0 Å². The minimum atomic E-state index is 0.0163. The zero-order chi connectivity index (χ0) is 12.8. The SMILES string of the molecule is CC(SCc1ccccc1)C(=O)N(C)C(C)C. The molecule has 0 aliphatic carbocycles. The van der Waals surface area contributed by atoms with E-state index < -0.39 is 0 Å². The summed E-state index contributed by atoms with van der Waals surface area (Å²) in [5.74, 6) is 1.10. The van der Waals surface area contributed by atoms with Crippen molar-refractivity contribution in [3.05, 3.63) is 35.9 Å². The first kappa shape index (κ1) is 14.1. The summed E-state index contributed by atoms with van der Waals surface area (Å²) < 4.78 is 0. The van der Waals surface area contributed by atoms with Gasteiger partial charge in [0.05, 0.1) is 5.25 Å². The predicted molar refractivity (Wildman–Crippen MR) is 75.1 cm³/mol. The number of hydrogen-bond acceptors (Lipinski definition) is 2. The van der Waals surface area contributed by atoms with Crippen molar-refractivity contribution in [1.29, 1.82) is 0 Å². The normalized spacial score (nSPS) is 12.5. The fraction of sp³-hybridized carbons (Fsp3) is 0.500. The highest BCUT2D eigenvalue weighted by molar-refractivity contribution is 7.99. The number of nitrogens with zero attached hydrogens (tertiary/aromatic N) is 1. The van der Waals surface area contributed by atoms with Gasteiger partial charge < -0.3 is 4.90 Å². The first-order valence-corrected chi connectivity index (χ1v) is 6.99. The van der Waals surface area contributed by atoms with Gasteiger partial charge >= 0.3 is 0 Å². The molecule has 1 atom stereocenters.